The van der Waals surface area contributed by atoms with E-state index in [1.54, 1.807) is 0 Å². The molecule has 2 N–H and O–H groups in total. The van der Waals surface area contributed by atoms with Crippen molar-refractivity contribution in [2.45, 2.75) is 12.1 Å². The highest BCUT2D eigenvalue weighted by atomic mass is 79.9. The summed E-state index contributed by atoms with van der Waals surface area (Å²) in [6, 6.07) is 7.28. The van der Waals surface area contributed by atoms with E-state index < -0.39 is 12.8 Å². The van der Waals surface area contributed by atoms with Gasteiger partial charge >= 0.3 is 6.18 Å². The molecule has 0 bridgehead atoms. The maximum atomic E-state index is 11.9. The Bertz CT molecular complexity index is 357. The summed E-state index contributed by atoms with van der Waals surface area (Å²) in [5.74, 6) is -0.243. The minimum atomic E-state index is -4.30. The highest BCUT2D eigenvalue weighted by Gasteiger charge is 2.28. The number of benzene rings is 1. The Hall–Kier alpha value is -0.590. The summed E-state index contributed by atoms with van der Waals surface area (Å²) in [5, 5.41) is 0. The molecule has 0 saturated carbocycles. The first kappa shape index (κ1) is 14.5. The summed E-state index contributed by atoms with van der Waals surface area (Å²) in [5.41, 5.74) is 6.40. The molecular weight excluding hydrogens is 299 g/mol. The third kappa shape index (κ3) is 5.06. The van der Waals surface area contributed by atoms with Crippen molar-refractivity contribution in [1.29, 1.82) is 0 Å². The summed E-state index contributed by atoms with van der Waals surface area (Å²) in [4.78, 5) is 0. The van der Waals surface area contributed by atoms with Crippen LogP contribution in [0.2, 0.25) is 0 Å². The van der Waals surface area contributed by atoms with Gasteiger partial charge < -0.3 is 10.5 Å². The maximum Gasteiger partial charge on any atom is 0.411 e. The molecule has 17 heavy (non-hydrogen) atoms. The first-order valence-electron chi connectivity index (χ1n) is 5.03. The van der Waals surface area contributed by atoms with Crippen LogP contribution in [-0.2, 0) is 4.74 Å². The van der Waals surface area contributed by atoms with E-state index in [1.807, 2.05) is 24.3 Å². The van der Waals surface area contributed by atoms with Gasteiger partial charge in [0, 0.05) is 16.9 Å². The van der Waals surface area contributed by atoms with Crippen LogP contribution in [0.25, 0.3) is 0 Å². The number of nitrogens with two attached hydrogens (primary N) is 1. The molecule has 1 aromatic rings. The second-order valence-corrected chi connectivity index (χ2v) is 4.44. The Labute approximate surface area is 106 Å². The van der Waals surface area contributed by atoms with Crippen LogP contribution in [0.15, 0.2) is 28.7 Å². The van der Waals surface area contributed by atoms with Gasteiger partial charge in [-0.15, -0.1) is 0 Å². The normalized spacial score (nSPS) is 13.7. The van der Waals surface area contributed by atoms with Gasteiger partial charge in [-0.1, -0.05) is 34.1 Å². The maximum absolute atomic E-state index is 11.9. The third-order valence-corrected chi connectivity index (χ3v) is 2.94. The molecule has 1 aromatic carbocycles. The summed E-state index contributed by atoms with van der Waals surface area (Å²) in [7, 11) is 0. The fourth-order valence-corrected chi connectivity index (χ4v) is 2.02. The van der Waals surface area contributed by atoms with Crippen molar-refractivity contribution in [2.24, 2.45) is 5.73 Å². The quantitative estimate of drug-likeness (QED) is 0.907. The van der Waals surface area contributed by atoms with Gasteiger partial charge in [-0.05, 0) is 11.6 Å². The zero-order valence-corrected chi connectivity index (χ0v) is 10.6. The van der Waals surface area contributed by atoms with E-state index in [9.17, 15) is 13.2 Å². The topological polar surface area (TPSA) is 35.2 Å². The van der Waals surface area contributed by atoms with Crippen LogP contribution in [0.3, 0.4) is 0 Å². The van der Waals surface area contributed by atoms with Crippen molar-refractivity contribution in [1.82, 2.24) is 0 Å². The monoisotopic (exact) mass is 311 g/mol. The smallest absolute Gasteiger partial charge is 0.371 e. The standard InChI is InChI=1S/C11H13BrF3NO/c12-10-4-2-1-3-9(10)8(5-16)6-17-7-11(13,14)15/h1-4,8H,5-7,16H2. The van der Waals surface area contributed by atoms with Gasteiger partial charge in [-0.3, -0.25) is 0 Å². The average Bonchev–Trinajstić information content (AvgIpc) is 2.24. The van der Waals surface area contributed by atoms with Crippen LogP contribution >= 0.6 is 15.9 Å². The molecule has 0 aromatic heterocycles. The Morgan fingerprint density at radius 1 is 1.29 bits per heavy atom. The SMILES string of the molecule is NCC(COCC(F)(F)F)c1ccccc1Br. The van der Waals surface area contributed by atoms with Gasteiger partial charge in [0.05, 0.1) is 6.61 Å². The Morgan fingerprint density at radius 3 is 2.47 bits per heavy atom. The van der Waals surface area contributed by atoms with Crippen LogP contribution < -0.4 is 5.73 Å². The van der Waals surface area contributed by atoms with Gasteiger partial charge in [0.15, 0.2) is 0 Å². The van der Waals surface area contributed by atoms with Crippen LogP contribution in [0.4, 0.5) is 13.2 Å². The van der Waals surface area contributed by atoms with Crippen molar-refractivity contribution < 1.29 is 17.9 Å². The molecule has 0 aliphatic heterocycles. The largest absolute Gasteiger partial charge is 0.411 e. The number of halogens is 4. The highest BCUT2D eigenvalue weighted by molar-refractivity contribution is 9.10. The lowest BCUT2D eigenvalue weighted by Crippen LogP contribution is -2.23. The number of hydrogen-bond acceptors (Lipinski definition) is 2. The number of rotatable bonds is 5. The van der Waals surface area contributed by atoms with Crippen LogP contribution in [-0.4, -0.2) is 25.9 Å². The first-order valence-corrected chi connectivity index (χ1v) is 5.82. The zero-order chi connectivity index (χ0) is 12.9. The number of hydrogen-bond donors (Lipinski definition) is 1. The van der Waals surface area contributed by atoms with Gasteiger partial charge in [0.1, 0.15) is 6.61 Å². The molecule has 0 amide bonds. The fraction of sp³-hybridized carbons (Fsp3) is 0.455. The summed E-state index contributed by atoms with van der Waals surface area (Å²) in [6.45, 7) is -1.05. The first-order chi connectivity index (χ1) is 7.94. The predicted molar refractivity (Wildman–Crippen MR) is 62.8 cm³/mol. The highest BCUT2D eigenvalue weighted by Crippen LogP contribution is 2.25. The molecule has 1 unspecified atom stereocenters. The molecule has 96 valence electrons. The van der Waals surface area contributed by atoms with Crippen molar-refractivity contribution in [3.05, 3.63) is 34.3 Å². The summed E-state index contributed by atoms with van der Waals surface area (Å²) < 4.78 is 41.2. The fourth-order valence-electron chi connectivity index (χ4n) is 1.41. The lowest BCUT2D eigenvalue weighted by Gasteiger charge is -2.17. The number of alkyl halides is 3. The Balaban J connectivity index is 2.58. The van der Waals surface area contributed by atoms with Gasteiger partial charge in [-0.2, -0.15) is 13.2 Å². The third-order valence-electron chi connectivity index (χ3n) is 2.21. The van der Waals surface area contributed by atoms with Crippen molar-refractivity contribution >= 4 is 15.9 Å². The van der Waals surface area contributed by atoms with Crippen molar-refractivity contribution in [3.63, 3.8) is 0 Å². The average molecular weight is 312 g/mol. The Morgan fingerprint density at radius 2 is 1.94 bits per heavy atom. The second kappa shape index (κ2) is 6.37. The lowest BCUT2D eigenvalue weighted by atomic mass is 10.0. The predicted octanol–water partition coefficient (Wildman–Crippen LogP) is 3.07. The lowest BCUT2D eigenvalue weighted by molar-refractivity contribution is -0.174. The molecule has 0 aliphatic carbocycles. The van der Waals surface area contributed by atoms with Crippen LogP contribution in [0.5, 0.6) is 0 Å². The van der Waals surface area contributed by atoms with Gasteiger partial charge in [0.25, 0.3) is 0 Å². The molecule has 0 saturated heterocycles. The van der Waals surface area contributed by atoms with Gasteiger partial charge in [-0.25, -0.2) is 0 Å². The molecule has 1 atom stereocenters. The molecule has 0 aliphatic rings. The zero-order valence-electron chi connectivity index (χ0n) is 9.01. The molecule has 0 heterocycles. The molecule has 2 nitrogen and oxygen atoms in total. The minimum absolute atomic E-state index is 0.0430. The summed E-state index contributed by atoms with van der Waals surface area (Å²) >= 11 is 3.34. The molecule has 0 spiro atoms. The molecule has 0 fully saturated rings. The van der Waals surface area contributed by atoms with E-state index in [1.165, 1.54) is 0 Å². The van der Waals surface area contributed by atoms with E-state index in [0.29, 0.717) is 0 Å². The second-order valence-electron chi connectivity index (χ2n) is 3.58. The van der Waals surface area contributed by atoms with Crippen LogP contribution in [0, 0.1) is 0 Å². The summed E-state index contributed by atoms with van der Waals surface area (Å²) in [6.07, 6.45) is -4.30. The van der Waals surface area contributed by atoms with Gasteiger partial charge in [0.2, 0.25) is 0 Å². The van der Waals surface area contributed by atoms with Crippen LogP contribution in [0.1, 0.15) is 11.5 Å². The Kier molecular flexibility index (Phi) is 5.42. The van der Waals surface area contributed by atoms with E-state index in [-0.39, 0.29) is 19.1 Å². The molecule has 0 radical (unpaired) electrons. The molecule has 1 rings (SSSR count). The van der Waals surface area contributed by atoms with Crippen molar-refractivity contribution in [3.8, 4) is 0 Å². The number of ether oxygens (including phenoxy) is 1. The van der Waals surface area contributed by atoms with E-state index in [4.69, 9.17) is 5.73 Å². The molecular formula is C11H13BrF3NO. The van der Waals surface area contributed by atoms with Crippen molar-refractivity contribution in [2.75, 3.05) is 19.8 Å². The van der Waals surface area contributed by atoms with E-state index in [2.05, 4.69) is 20.7 Å². The van der Waals surface area contributed by atoms with E-state index in [0.717, 1.165) is 10.0 Å². The van der Waals surface area contributed by atoms with E-state index >= 15 is 0 Å². The minimum Gasteiger partial charge on any atom is -0.371 e. The molecule has 6 heteroatoms.